The van der Waals surface area contributed by atoms with E-state index < -0.39 is 0 Å². The van der Waals surface area contributed by atoms with Gasteiger partial charge >= 0.3 is 5.97 Å². The Labute approximate surface area is 133 Å². The number of aryl methyl sites for hydroxylation is 1. The number of nitrogens with zero attached hydrogens (tertiary/aromatic N) is 1. The van der Waals surface area contributed by atoms with Gasteiger partial charge in [0.15, 0.2) is 0 Å². The van der Waals surface area contributed by atoms with Crippen LogP contribution in [0.2, 0.25) is 0 Å². The average Bonchev–Trinajstić information content (AvgIpc) is 3.25. The smallest absolute Gasteiger partial charge is 0.341 e. The van der Waals surface area contributed by atoms with E-state index in [1.807, 2.05) is 6.92 Å². The normalized spacial score (nSPS) is 16.8. The second-order valence-corrected chi connectivity index (χ2v) is 6.59. The summed E-state index contributed by atoms with van der Waals surface area (Å²) in [4.78, 5) is 16.1. The van der Waals surface area contributed by atoms with Crippen molar-refractivity contribution in [2.75, 3.05) is 7.11 Å². The molecule has 0 atom stereocenters. The van der Waals surface area contributed by atoms with Gasteiger partial charge in [0, 0.05) is 11.1 Å². The summed E-state index contributed by atoms with van der Waals surface area (Å²) >= 11 is 1.72. The number of esters is 1. The van der Waals surface area contributed by atoms with Crippen molar-refractivity contribution in [2.24, 2.45) is 0 Å². The third-order valence-electron chi connectivity index (χ3n) is 4.16. The van der Waals surface area contributed by atoms with Gasteiger partial charge in [-0.25, -0.2) is 9.78 Å². The van der Waals surface area contributed by atoms with Crippen molar-refractivity contribution in [3.63, 3.8) is 0 Å². The minimum absolute atomic E-state index is 0.0584. The van der Waals surface area contributed by atoms with Crippen LogP contribution >= 0.6 is 11.3 Å². The van der Waals surface area contributed by atoms with Crippen LogP contribution < -0.4 is 5.32 Å². The molecule has 1 aliphatic carbocycles. The molecule has 22 heavy (non-hydrogen) atoms. The van der Waals surface area contributed by atoms with Gasteiger partial charge in [-0.2, -0.15) is 0 Å². The standard InChI is InChI=1S/C16H20N2O3S/c1-11-10-22-15(18-11)16(5-3-4-6-16)17-8-13-7-12(9-21-13)14(19)20-2/h7,9-10,17H,3-6,8H2,1-2H3. The molecule has 2 aromatic heterocycles. The van der Waals surface area contributed by atoms with E-state index in [-0.39, 0.29) is 11.5 Å². The lowest BCUT2D eigenvalue weighted by Crippen LogP contribution is -2.39. The molecule has 0 bridgehead atoms. The summed E-state index contributed by atoms with van der Waals surface area (Å²) < 4.78 is 10.1. The van der Waals surface area contributed by atoms with E-state index in [4.69, 9.17) is 9.15 Å². The van der Waals surface area contributed by atoms with Gasteiger partial charge in [-0.05, 0) is 25.8 Å². The fourth-order valence-electron chi connectivity index (χ4n) is 2.97. The number of carbonyl (C=O) groups is 1. The zero-order chi connectivity index (χ0) is 15.6. The van der Waals surface area contributed by atoms with Gasteiger partial charge < -0.3 is 9.15 Å². The molecule has 0 saturated heterocycles. The van der Waals surface area contributed by atoms with Crippen molar-refractivity contribution in [1.29, 1.82) is 0 Å². The highest BCUT2D eigenvalue weighted by molar-refractivity contribution is 7.09. The number of furan rings is 1. The van der Waals surface area contributed by atoms with E-state index in [0.29, 0.717) is 12.1 Å². The first-order chi connectivity index (χ1) is 10.6. The fourth-order valence-corrected chi connectivity index (χ4v) is 4.01. The van der Waals surface area contributed by atoms with Gasteiger partial charge in [-0.3, -0.25) is 5.32 Å². The number of thiazole rings is 1. The van der Waals surface area contributed by atoms with E-state index in [0.717, 1.165) is 29.3 Å². The topological polar surface area (TPSA) is 64.4 Å². The largest absolute Gasteiger partial charge is 0.467 e. The highest BCUT2D eigenvalue weighted by Crippen LogP contribution is 2.40. The third kappa shape index (κ3) is 2.94. The molecule has 1 saturated carbocycles. The van der Waals surface area contributed by atoms with Crippen molar-refractivity contribution >= 4 is 17.3 Å². The first-order valence-electron chi connectivity index (χ1n) is 7.46. The SMILES string of the molecule is COC(=O)c1coc(CNC2(c3nc(C)cs3)CCCC2)c1. The molecular weight excluding hydrogens is 300 g/mol. The Balaban J connectivity index is 1.72. The summed E-state index contributed by atoms with van der Waals surface area (Å²) in [5.41, 5.74) is 1.46. The molecule has 6 heteroatoms. The molecule has 0 aromatic carbocycles. The zero-order valence-corrected chi connectivity index (χ0v) is 13.7. The number of hydrogen-bond acceptors (Lipinski definition) is 6. The Kier molecular flexibility index (Phi) is 4.31. The summed E-state index contributed by atoms with van der Waals surface area (Å²) in [7, 11) is 1.37. The van der Waals surface area contributed by atoms with Crippen molar-refractivity contribution in [3.05, 3.63) is 39.7 Å². The summed E-state index contributed by atoms with van der Waals surface area (Å²) in [6, 6.07) is 1.73. The van der Waals surface area contributed by atoms with Crippen LogP contribution in [0.1, 0.15) is 52.5 Å². The van der Waals surface area contributed by atoms with Crippen LogP contribution in [0.3, 0.4) is 0 Å². The lowest BCUT2D eigenvalue weighted by Gasteiger charge is -2.27. The van der Waals surface area contributed by atoms with Gasteiger partial charge in [0.25, 0.3) is 0 Å². The van der Waals surface area contributed by atoms with Crippen molar-refractivity contribution in [3.8, 4) is 0 Å². The number of nitrogens with one attached hydrogen (secondary N) is 1. The number of methoxy groups -OCH3 is 1. The molecule has 0 aliphatic heterocycles. The minimum atomic E-state index is -0.374. The summed E-state index contributed by atoms with van der Waals surface area (Å²) in [6.45, 7) is 2.60. The van der Waals surface area contributed by atoms with Crippen LogP contribution in [0.25, 0.3) is 0 Å². The van der Waals surface area contributed by atoms with Crippen molar-refractivity contribution in [2.45, 2.75) is 44.7 Å². The Morgan fingerprint density at radius 2 is 2.27 bits per heavy atom. The summed E-state index contributed by atoms with van der Waals surface area (Å²) in [5, 5.41) is 6.86. The van der Waals surface area contributed by atoms with Crippen LogP contribution in [0.4, 0.5) is 0 Å². The number of carbonyl (C=O) groups excluding carboxylic acids is 1. The molecule has 2 aromatic rings. The second-order valence-electron chi connectivity index (χ2n) is 5.73. The number of ether oxygens (including phenoxy) is 1. The molecule has 3 rings (SSSR count). The Morgan fingerprint density at radius 3 is 2.91 bits per heavy atom. The van der Waals surface area contributed by atoms with E-state index in [1.165, 1.54) is 26.2 Å². The van der Waals surface area contributed by atoms with Gasteiger partial charge in [-0.15, -0.1) is 11.3 Å². The zero-order valence-electron chi connectivity index (χ0n) is 12.8. The first kappa shape index (κ1) is 15.2. The lowest BCUT2D eigenvalue weighted by atomic mass is 9.98. The summed E-state index contributed by atoms with van der Waals surface area (Å²) in [5.74, 6) is 0.362. The highest BCUT2D eigenvalue weighted by atomic mass is 32.1. The first-order valence-corrected chi connectivity index (χ1v) is 8.34. The molecule has 0 spiro atoms. The monoisotopic (exact) mass is 320 g/mol. The van der Waals surface area contributed by atoms with Crippen LogP contribution in [0.5, 0.6) is 0 Å². The van der Waals surface area contributed by atoms with Gasteiger partial charge in [0.2, 0.25) is 0 Å². The molecule has 0 amide bonds. The van der Waals surface area contributed by atoms with Crippen LogP contribution in [-0.4, -0.2) is 18.1 Å². The lowest BCUT2D eigenvalue weighted by molar-refractivity contribution is 0.0600. The molecule has 0 unspecified atom stereocenters. The minimum Gasteiger partial charge on any atom is -0.467 e. The van der Waals surface area contributed by atoms with Gasteiger partial charge in [0.05, 0.1) is 24.8 Å². The number of aromatic nitrogens is 1. The summed E-state index contributed by atoms with van der Waals surface area (Å²) in [6.07, 6.45) is 6.03. The molecule has 1 N–H and O–H groups in total. The van der Waals surface area contributed by atoms with Crippen molar-refractivity contribution < 1.29 is 13.9 Å². The quantitative estimate of drug-likeness (QED) is 0.856. The maximum Gasteiger partial charge on any atom is 0.341 e. The maximum atomic E-state index is 11.5. The van der Waals surface area contributed by atoms with Crippen LogP contribution in [0, 0.1) is 6.92 Å². The average molecular weight is 320 g/mol. The van der Waals surface area contributed by atoms with E-state index in [2.05, 4.69) is 15.7 Å². The van der Waals surface area contributed by atoms with E-state index in [1.54, 1.807) is 17.4 Å². The Bertz CT molecular complexity index is 656. The molecule has 1 aliphatic rings. The number of hydrogen-bond donors (Lipinski definition) is 1. The van der Waals surface area contributed by atoms with Crippen LogP contribution in [-0.2, 0) is 16.8 Å². The van der Waals surface area contributed by atoms with Crippen LogP contribution in [0.15, 0.2) is 22.1 Å². The predicted octanol–water partition coefficient (Wildman–Crippen LogP) is 3.39. The van der Waals surface area contributed by atoms with Gasteiger partial charge in [0.1, 0.15) is 17.0 Å². The van der Waals surface area contributed by atoms with E-state index in [9.17, 15) is 4.79 Å². The highest BCUT2D eigenvalue weighted by Gasteiger charge is 2.37. The molecule has 5 nitrogen and oxygen atoms in total. The predicted molar refractivity (Wildman–Crippen MR) is 83.9 cm³/mol. The third-order valence-corrected chi connectivity index (χ3v) is 5.33. The molecule has 118 valence electrons. The fraction of sp³-hybridized carbons (Fsp3) is 0.500. The number of rotatable bonds is 5. The molecular formula is C16H20N2O3S. The van der Waals surface area contributed by atoms with E-state index >= 15 is 0 Å². The molecule has 1 fully saturated rings. The Hall–Kier alpha value is -1.66. The Morgan fingerprint density at radius 1 is 1.50 bits per heavy atom. The van der Waals surface area contributed by atoms with Gasteiger partial charge in [-0.1, -0.05) is 12.8 Å². The maximum absolute atomic E-state index is 11.5. The second kappa shape index (κ2) is 6.22. The van der Waals surface area contributed by atoms with Crippen molar-refractivity contribution in [1.82, 2.24) is 10.3 Å². The molecule has 2 heterocycles. The molecule has 0 radical (unpaired) electrons.